The summed E-state index contributed by atoms with van der Waals surface area (Å²) in [5, 5.41) is 8.03. The van der Waals surface area contributed by atoms with Crippen molar-refractivity contribution in [2.45, 2.75) is 53.0 Å². The number of carbonyl (C=O) groups is 2. The number of hydrogen-bond acceptors (Lipinski definition) is 5. The number of hydrogen-bond donors (Lipinski definition) is 2. The van der Waals surface area contributed by atoms with Gasteiger partial charge in [-0.25, -0.2) is 4.98 Å². The molecule has 2 heterocycles. The summed E-state index contributed by atoms with van der Waals surface area (Å²) >= 11 is 1.42. The molecule has 0 radical (unpaired) electrons. The van der Waals surface area contributed by atoms with Crippen LogP contribution in [0.3, 0.4) is 0 Å². The summed E-state index contributed by atoms with van der Waals surface area (Å²) in [6.45, 7) is 13.9. The standard InChI is InChI=1S/C24H34N4O2S/c1-16-10-17(2)13-28(12-16)14-20-15-31-23(26-20)27-21(29)11-25-22(30)18-6-8-19(9-7-18)24(3,4)5/h6-9,15-17H,10-14H2,1-5H3,(H,25,30)(H,26,27,29). The van der Waals surface area contributed by atoms with Gasteiger partial charge in [0.1, 0.15) is 0 Å². The molecular formula is C24H34N4O2S. The van der Waals surface area contributed by atoms with E-state index in [4.69, 9.17) is 0 Å². The molecule has 168 valence electrons. The van der Waals surface area contributed by atoms with Crippen molar-refractivity contribution in [3.8, 4) is 0 Å². The van der Waals surface area contributed by atoms with Gasteiger partial charge >= 0.3 is 0 Å². The maximum atomic E-state index is 12.3. The van der Waals surface area contributed by atoms with Crippen molar-refractivity contribution in [1.82, 2.24) is 15.2 Å². The number of likely N-dealkylation sites (tertiary alicyclic amines) is 1. The topological polar surface area (TPSA) is 74.3 Å². The first-order chi connectivity index (χ1) is 14.6. The van der Waals surface area contributed by atoms with E-state index in [9.17, 15) is 9.59 Å². The average molecular weight is 443 g/mol. The quantitative estimate of drug-likeness (QED) is 0.700. The zero-order valence-electron chi connectivity index (χ0n) is 19.2. The van der Waals surface area contributed by atoms with Crippen molar-refractivity contribution >= 4 is 28.3 Å². The lowest BCUT2D eigenvalue weighted by Gasteiger charge is -2.34. The lowest BCUT2D eigenvalue weighted by molar-refractivity contribution is -0.115. The summed E-state index contributed by atoms with van der Waals surface area (Å²) in [6, 6.07) is 7.50. The second-order valence-corrected chi connectivity index (χ2v) is 10.7. The molecule has 3 rings (SSSR count). The lowest BCUT2D eigenvalue weighted by atomic mass is 9.87. The smallest absolute Gasteiger partial charge is 0.251 e. The molecule has 0 spiro atoms. The first-order valence-corrected chi connectivity index (χ1v) is 11.8. The third-order valence-electron chi connectivity index (χ3n) is 5.55. The molecule has 1 fully saturated rings. The number of carbonyl (C=O) groups excluding carboxylic acids is 2. The van der Waals surface area contributed by atoms with Crippen LogP contribution in [0.5, 0.6) is 0 Å². The third-order valence-corrected chi connectivity index (χ3v) is 6.36. The van der Waals surface area contributed by atoms with Gasteiger partial charge in [0.2, 0.25) is 5.91 Å². The Labute approximate surface area is 189 Å². The van der Waals surface area contributed by atoms with Crippen molar-refractivity contribution in [2.75, 3.05) is 25.0 Å². The van der Waals surface area contributed by atoms with Crippen molar-refractivity contribution in [2.24, 2.45) is 11.8 Å². The summed E-state index contributed by atoms with van der Waals surface area (Å²) in [5.41, 5.74) is 2.72. The monoisotopic (exact) mass is 442 g/mol. The highest BCUT2D eigenvalue weighted by Crippen LogP contribution is 2.24. The molecule has 2 aromatic rings. The number of rotatable bonds is 6. The van der Waals surface area contributed by atoms with Crippen molar-refractivity contribution in [3.63, 3.8) is 0 Å². The molecule has 6 nitrogen and oxygen atoms in total. The van der Waals surface area contributed by atoms with E-state index in [1.165, 1.54) is 17.8 Å². The molecule has 2 atom stereocenters. The molecule has 1 aromatic carbocycles. The summed E-state index contributed by atoms with van der Waals surface area (Å²) in [7, 11) is 0. The average Bonchev–Trinajstić information content (AvgIpc) is 3.11. The van der Waals surface area contributed by atoms with E-state index in [0.29, 0.717) is 22.5 Å². The second kappa shape index (κ2) is 9.92. The molecule has 31 heavy (non-hydrogen) atoms. The number of piperidine rings is 1. The van der Waals surface area contributed by atoms with E-state index in [1.807, 2.05) is 17.5 Å². The van der Waals surface area contributed by atoms with Crippen LogP contribution in [-0.2, 0) is 16.8 Å². The van der Waals surface area contributed by atoms with Crippen LogP contribution in [0.4, 0.5) is 5.13 Å². The molecular weight excluding hydrogens is 408 g/mol. The molecule has 0 saturated carbocycles. The SMILES string of the molecule is CC1CC(C)CN(Cc2csc(NC(=O)CNC(=O)c3ccc(C(C)(C)C)cc3)n2)C1. The number of thiazole rings is 1. The molecule has 1 saturated heterocycles. The molecule has 0 bridgehead atoms. The molecule has 1 aliphatic heterocycles. The zero-order chi connectivity index (χ0) is 22.6. The number of aromatic nitrogens is 1. The Hall–Kier alpha value is -2.25. The largest absolute Gasteiger partial charge is 0.343 e. The highest BCUT2D eigenvalue weighted by atomic mass is 32.1. The molecule has 2 N–H and O–H groups in total. The number of amides is 2. The minimum atomic E-state index is -0.277. The Bertz CT molecular complexity index is 891. The zero-order valence-corrected chi connectivity index (χ0v) is 20.0. The van der Waals surface area contributed by atoms with E-state index in [0.717, 1.165) is 30.9 Å². The van der Waals surface area contributed by atoms with Gasteiger partial charge in [-0.3, -0.25) is 14.5 Å². The van der Waals surface area contributed by atoms with E-state index in [-0.39, 0.29) is 23.8 Å². The molecule has 7 heteroatoms. The van der Waals surface area contributed by atoms with Gasteiger partial charge in [-0.1, -0.05) is 46.8 Å². The van der Waals surface area contributed by atoms with Gasteiger partial charge in [0.05, 0.1) is 12.2 Å². The third kappa shape index (κ3) is 6.87. The van der Waals surface area contributed by atoms with Crippen LogP contribution in [0.2, 0.25) is 0 Å². The minimum Gasteiger partial charge on any atom is -0.343 e. The molecule has 1 aliphatic rings. The summed E-state index contributed by atoms with van der Waals surface area (Å²) in [5.74, 6) is 0.870. The van der Waals surface area contributed by atoms with Crippen LogP contribution in [0.25, 0.3) is 0 Å². The maximum Gasteiger partial charge on any atom is 0.251 e. The Balaban J connectivity index is 1.46. The van der Waals surface area contributed by atoms with Crippen LogP contribution < -0.4 is 10.6 Å². The van der Waals surface area contributed by atoms with E-state index in [2.05, 4.69) is 55.1 Å². The Morgan fingerprint density at radius 2 is 1.77 bits per heavy atom. The number of nitrogens with zero attached hydrogens (tertiary/aromatic N) is 2. The first-order valence-electron chi connectivity index (χ1n) is 11.0. The Kier molecular flexibility index (Phi) is 7.49. The molecule has 2 amide bonds. The van der Waals surface area contributed by atoms with E-state index < -0.39 is 0 Å². The first kappa shape index (κ1) is 23.4. The van der Waals surface area contributed by atoms with Crippen LogP contribution in [0.1, 0.15) is 62.7 Å². The van der Waals surface area contributed by atoms with Crippen LogP contribution in [0, 0.1) is 11.8 Å². The highest BCUT2D eigenvalue weighted by Gasteiger charge is 2.22. The van der Waals surface area contributed by atoms with Crippen molar-refractivity contribution < 1.29 is 9.59 Å². The van der Waals surface area contributed by atoms with Gasteiger partial charge in [0, 0.05) is 30.6 Å². The Morgan fingerprint density at radius 1 is 1.13 bits per heavy atom. The summed E-state index contributed by atoms with van der Waals surface area (Å²) < 4.78 is 0. The predicted octanol–water partition coefficient (Wildman–Crippen LogP) is 4.29. The van der Waals surface area contributed by atoms with Gasteiger partial charge in [0.15, 0.2) is 5.13 Å². The molecule has 1 aromatic heterocycles. The lowest BCUT2D eigenvalue weighted by Crippen LogP contribution is -2.38. The van der Waals surface area contributed by atoms with Crippen molar-refractivity contribution in [1.29, 1.82) is 0 Å². The van der Waals surface area contributed by atoms with Crippen LogP contribution in [-0.4, -0.2) is 41.3 Å². The predicted molar refractivity (Wildman–Crippen MR) is 126 cm³/mol. The fourth-order valence-electron chi connectivity index (χ4n) is 4.13. The maximum absolute atomic E-state index is 12.3. The number of nitrogens with one attached hydrogen (secondary N) is 2. The Morgan fingerprint density at radius 3 is 2.39 bits per heavy atom. The fraction of sp³-hybridized carbons (Fsp3) is 0.542. The summed E-state index contributed by atoms with van der Waals surface area (Å²) in [6.07, 6.45) is 1.28. The highest BCUT2D eigenvalue weighted by molar-refractivity contribution is 7.13. The van der Waals surface area contributed by atoms with E-state index in [1.54, 1.807) is 12.1 Å². The number of anilines is 1. The van der Waals surface area contributed by atoms with Gasteiger partial charge in [-0.15, -0.1) is 11.3 Å². The van der Waals surface area contributed by atoms with Gasteiger partial charge in [-0.2, -0.15) is 0 Å². The van der Waals surface area contributed by atoms with E-state index >= 15 is 0 Å². The summed E-state index contributed by atoms with van der Waals surface area (Å²) in [4.78, 5) is 31.6. The molecule has 2 unspecified atom stereocenters. The van der Waals surface area contributed by atoms with Gasteiger partial charge in [0.25, 0.3) is 5.91 Å². The number of benzene rings is 1. The van der Waals surface area contributed by atoms with Gasteiger partial charge < -0.3 is 10.6 Å². The van der Waals surface area contributed by atoms with Crippen LogP contribution >= 0.6 is 11.3 Å². The van der Waals surface area contributed by atoms with Crippen molar-refractivity contribution in [3.05, 3.63) is 46.5 Å². The molecule has 0 aliphatic carbocycles. The fourth-order valence-corrected chi connectivity index (χ4v) is 4.85. The normalized spacial score (nSPS) is 19.8. The van der Waals surface area contributed by atoms with Gasteiger partial charge in [-0.05, 0) is 41.4 Å². The second-order valence-electron chi connectivity index (χ2n) is 9.84. The van der Waals surface area contributed by atoms with Crippen LogP contribution in [0.15, 0.2) is 29.6 Å². The minimum absolute atomic E-state index is 0.0337.